The molecule has 0 aliphatic carbocycles. The molecule has 0 saturated carbocycles. The molecule has 2 nitrogen and oxygen atoms in total. The van der Waals surface area contributed by atoms with Crippen LogP contribution in [0, 0.1) is 0 Å². The molecule has 0 spiro atoms. The number of rotatable bonds is 6. The molecule has 2 aromatic rings. The van der Waals surface area contributed by atoms with Crippen LogP contribution < -0.4 is 4.74 Å². The van der Waals surface area contributed by atoms with E-state index in [0.29, 0.717) is 6.04 Å². The zero-order valence-electron chi connectivity index (χ0n) is 13.5. The molecular formula is C19H25NOS. The first-order chi connectivity index (χ1) is 10.8. The van der Waals surface area contributed by atoms with Gasteiger partial charge in [-0.25, -0.2) is 0 Å². The highest BCUT2D eigenvalue weighted by molar-refractivity contribution is 7.08. The Labute approximate surface area is 137 Å². The van der Waals surface area contributed by atoms with Crippen LogP contribution >= 0.6 is 11.3 Å². The van der Waals surface area contributed by atoms with Crippen LogP contribution in [0.15, 0.2) is 35.0 Å². The van der Waals surface area contributed by atoms with Crippen LogP contribution in [-0.4, -0.2) is 30.6 Å². The number of hydrogen-bond acceptors (Lipinski definition) is 3. The molecular weight excluding hydrogens is 290 g/mol. The van der Waals surface area contributed by atoms with Crippen molar-refractivity contribution in [1.82, 2.24) is 4.90 Å². The summed E-state index contributed by atoms with van der Waals surface area (Å²) in [5, 5.41) is 4.33. The van der Waals surface area contributed by atoms with Crippen molar-refractivity contribution in [3.05, 3.63) is 40.6 Å². The summed E-state index contributed by atoms with van der Waals surface area (Å²) in [6.07, 6.45) is 3.52. The molecule has 0 amide bonds. The quantitative estimate of drug-likeness (QED) is 0.756. The molecule has 0 fully saturated rings. The topological polar surface area (TPSA) is 12.5 Å². The molecule has 1 aliphatic rings. The van der Waals surface area contributed by atoms with E-state index >= 15 is 0 Å². The molecule has 0 radical (unpaired) electrons. The number of benzene rings is 1. The highest BCUT2D eigenvalue weighted by Crippen LogP contribution is 2.37. The van der Waals surface area contributed by atoms with Gasteiger partial charge in [-0.05, 0) is 60.3 Å². The van der Waals surface area contributed by atoms with Gasteiger partial charge in [-0.2, -0.15) is 11.3 Å². The molecule has 22 heavy (non-hydrogen) atoms. The molecule has 1 aromatic carbocycles. The van der Waals surface area contributed by atoms with Gasteiger partial charge in [0.1, 0.15) is 12.4 Å². The molecule has 118 valence electrons. The standard InChI is InChI=1S/C19H25NOS/c1-3-9-20(10-4-2)17-12-15-6-5-7-18(19(15)21-13-17)16-8-11-22-14-16/h5-8,11,14,17H,3-4,9-10,12-13H2,1-2H3. The lowest BCUT2D eigenvalue weighted by atomic mass is 9.96. The SMILES string of the molecule is CCCN(CCC)C1COc2c(cccc2-c2ccsc2)C1. The van der Waals surface area contributed by atoms with Crippen LogP contribution in [0.2, 0.25) is 0 Å². The maximum Gasteiger partial charge on any atom is 0.130 e. The second kappa shape index (κ2) is 7.30. The molecule has 3 rings (SSSR count). The van der Waals surface area contributed by atoms with Crippen molar-refractivity contribution in [2.45, 2.75) is 39.2 Å². The Balaban J connectivity index is 1.83. The fourth-order valence-electron chi connectivity index (χ4n) is 3.34. The summed E-state index contributed by atoms with van der Waals surface area (Å²) in [5.41, 5.74) is 3.88. The normalized spacial score (nSPS) is 17.3. The Hall–Kier alpha value is -1.32. The van der Waals surface area contributed by atoms with Crippen molar-refractivity contribution in [3.63, 3.8) is 0 Å². The first-order valence-corrected chi connectivity index (χ1v) is 9.29. The van der Waals surface area contributed by atoms with Crippen LogP contribution in [0.25, 0.3) is 11.1 Å². The zero-order valence-corrected chi connectivity index (χ0v) is 14.4. The highest BCUT2D eigenvalue weighted by Gasteiger charge is 2.26. The minimum Gasteiger partial charge on any atom is -0.491 e. The molecule has 1 aromatic heterocycles. The molecule has 1 atom stereocenters. The predicted molar refractivity (Wildman–Crippen MR) is 94.9 cm³/mol. The maximum atomic E-state index is 6.23. The van der Waals surface area contributed by atoms with Crippen molar-refractivity contribution in [3.8, 4) is 16.9 Å². The minimum absolute atomic E-state index is 0.519. The van der Waals surface area contributed by atoms with E-state index in [4.69, 9.17) is 4.74 Å². The average Bonchev–Trinajstić information content (AvgIpc) is 3.08. The second-order valence-electron chi connectivity index (χ2n) is 6.01. The molecule has 0 N–H and O–H groups in total. The van der Waals surface area contributed by atoms with Crippen molar-refractivity contribution in [1.29, 1.82) is 0 Å². The fraction of sp³-hybridized carbons (Fsp3) is 0.474. The summed E-state index contributed by atoms with van der Waals surface area (Å²) in [6.45, 7) is 7.67. The van der Waals surface area contributed by atoms with Crippen molar-refractivity contribution in [2.75, 3.05) is 19.7 Å². The molecule has 0 bridgehead atoms. The number of hydrogen-bond donors (Lipinski definition) is 0. The highest BCUT2D eigenvalue weighted by atomic mass is 32.1. The van der Waals surface area contributed by atoms with E-state index in [1.165, 1.54) is 42.6 Å². The first kappa shape index (κ1) is 15.6. The van der Waals surface area contributed by atoms with Gasteiger partial charge in [-0.3, -0.25) is 4.90 Å². The first-order valence-electron chi connectivity index (χ1n) is 8.34. The number of ether oxygens (including phenoxy) is 1. The lowest BCUT2D eigenvalue weighted by Gasteiger charge is -2.35. The Morgan fingerprint density at radius 3 is 2.68 bits per heavy atom. The van der Waals surface area contributed by atoms with Crippen molar-refractivity contribution >= 4 is 11.3 Å². The number of thiophene rings is 1. The lowest BCUT2D eigenvalue weighted by Crippen LogP contribution is -2.44. The van der Waals surface area contributed by atoms with E-state index in [-0.39, 0.29) is 0 Å². The smallest absolute Gasteiger partial charge is 0.130 e. The Kier molecular flexibility index (Phi) is 5.16. The van der Waals surface area contributed by atoms with Crippen LogP contribution in [0.1, 0.15) is 32.3 Å². The van der Waals surface area contributed by atoms with Crippen LogP contribution in [0.3, 0.4) is 0 Å². The molecule has 2 heterocycles. The van der Waals surface area contributed by atoms with E-state index in [1.807, 2.05) is 0 Å². The predicted octanol–water partition coefficient (Wildman–Crippen LogP) is 4.84. The average molecular weight is 315 g/mol. The van der Waals surface area contributed by atoms with E-state index in [0.717, 1.165) is 18.8 Å². The summed E-state index contributed by atoms with van der Waals surface area (Å²) < 4.78 is 6.23. The zero-order chi connectivity index (χ0) is 15.4. The van der Waals surface area contributed by atoms with E-state index in [1.54, 1.807) is 11.3 Å². The summed E-state index contributed by atoms with van der Waals surface area (Å²) >= 11 is 1.74. The van der Waals surface area contributed by atoms with E-state index < -0.39 is 0 Å². The van der Waals surface area contributed by atoms with Crippen molar-refractivity contribution in [2.24, 2.45) is 0 Å². The minimum atomic E-state index is 0.519. The molecule has 1 aliphatic heterocycles. The number of fused-ring (bicyclic) bond motifs is 1. The van der Waals surface area contributed by atoms with Crippen molar-refractivity contribution < 1.29 is 4.74 Å². The van der Waals surface area contributed by atoms with Gasteiger partial charge in [-0.1, -0.05) is 32.0 Å². The molecule has 3 heteroatoms. The second-order valence-corrected chi connectivity index (χ2v) is 6.79. The van der Waals surface area contributed by atoms with Gasteiger partial charge in [0.15, 0.2) is 0 Å². The summed E-state index contributed by atoms with van der Waals surface area (Å²) in [7, 11) is 0. The van der Waals surface area contributed by atoms with Gasteiger partial charge in [0.25, 0.3) is 0 Å². The van der Waals surface area contributed by atoms with E-state index in [2.05, 4.69) is 53.8 Å². The number of nitrogens with zero attached hydrogens (tertiary/aromatic N) is 1. The number of para-hydroxylation sites is 1. The fourth-order valence-corrected chi connectivity index (χ4v) is 4.00. The lowest BCUT2D eigenvalue weighted by molar-refractivity contribution is 0.119. The summed E-state index contributed by atoms with van der Waals surface area (Å²) in [5.74, 6) is 1.10. The van der Waals surface area contributed by atoms with Gasteiger partial charge >= 0.3 is 0 Å². The Morgan fingerprint density at radius 1 is 1.18 bits per heavy atom. The van der Waals surface area contributed by atoms with Gasteiger partial charge in [0.2, 0.25) is 0 Å². The van der Waals surface area contributed by atoms with Gasteiger partial charge < -0.3 is 4.74 Å². The summed E-state index contributed by atoms with van der Waals surface area (Å²) in [4.78, 5) is 2.60. The Morgan fingerprint density at radius 2 is 2.00 bits per heavy atom. The third-order valence-corrected chi connectivity index (χ3v) is 5.03. The molecule has 1 unspecified atom stereocenters. The summed E-state index contributed by atoms with van der Waals surface area (Å²) in [6, 6.07) is 9.27. The third-order valence-electron chi connectivity index (χ3n) is 4.34. The molecule has 0 saturated heterocycles. The van der Waals surface area contributed by atoms with Gasteiger partial charge in [0.05, 0.1) is 0 Å². The van der Waals surface area contributed by atoms with Crippen LogP contribution in [0.4, 0.5) is 0 Å². The Bertz CT molecular complexity index is 587. The van der Waals surface area contributed by atoms with Crippen LogP contribution in [-0.2, 0) is 6.42 Å². The van der Waals surface area contributed by atoms with Crippen LogP contribution in [0.5, 0.6) is 5.75 Å². The van der Waals surface area contributed by atoms with Gasteiger partial charge in [-0.15, -0.1) is 0 Å². The van der Waals surface area contributed by atoms with Gasteiger partial charge in [0, 0.05) is 11.6 Å². The monoisotopic (exact) mass is 315 g/mol. The largest absolute Gasteiger partial charge is 0.491 e. The maximum absolute atomic E-state index is 6.23. The van der Waals surface area contributed by atoms with E-state index in [9.17, 15) is 0 Å². The third kappa shape index (κ3) is 3.21.